The Bertz CT molecular complexity index is 149. The number of hydrogen-bond acceptors (Lipinski definition) is 2. The Balaban J connectivity index is 2.51. The van der Waals surface area contributed by atoms with E-state index in [1.54, 1.807) is 0 Å². The van der Waals surface area contributed by atoms with E-state index in [4.69, 9.17) is 5.73 Å². The minimum absolute atomic E-state index is 0.258. The van der Waals surface area contributed by atoms with Crippen molar-refractivity contribution >= 4 is 0 Å². The number of aliphatic hydroxyl groups is 1. The maximum atomic E-state index is 10.2. The van der Waals surface area contributed by atoms with Crippen molar-refractivity contribution in [3.8, 4) is 0 Å². The van der Waals surface area contributed by atoms with Crippen LogP contribution in [0, 0.1) is 11.8 Å². The highest BCUT2D eigenvalue weighted by Crippen LogP contribution is 2.40. The van der Waals surface area contributed by atoms with Crippen molar-refractivity contribution in [3.05, 3.63) is 0 Å². The van der Waals surface area contributed by atoms with Crippen LogP contribution in [0.15, 0.2) is 0 Å². The molecule has 2 nitrogen and oxygen atoms in total. The summed E-state index contributed by atoms with van der Waals surface area (Å²) in [6.45, 7) is 4.86. The van der Waals surface area contributed by atoms with Gasteiger partial charge in [0.1, 0.15) is 0 Å². The van der Waals surface area contributed by atoms with Gasteiger partial charge in [0.05, 0.1) is 5.60 Å². The first-order valence-corrected chi connectivity index (χ1v) is 5.05. The smallest absolute Gasteiger partial charge is 0.0688 e. The van der Waals surface area contributed by atoms with Crippen LogP contribution >= 0.6 is 0 Å². The van der Waals surface area contributed by atoms with Crippen molar-refractivity contribution in [1.82, 2.24) is 0 Å². The molecule has 3 atom stereocenters. The molecule has 0 amide bonds. The molecule has 1 aliphatic rings. The molecular weight excluding hydrogens is 150 g/mol. The summed E-state index contributed by atoms with van der Waals surface area (Å²) in [6.07, 6.45) is 4.28. The van der Waals surface area contributed by atoms with E-state index in [0.717, 1.165) is 18.8 Å². The van der Waals surface area contributed by atoms with Gasteiger partial charge in [-0.05, 0) is 37.6 Å². The van der Waals surface area contributed by atoms with Gasteiger partial charge in [-0.25, -0.2) is 0 Å². The number of nitrogens with two attached hydrogens (primary N) is 1. The lowest BCUT2D eigenvalue weighted by Crippen LogP contribution is -2.37. The largest absolute Gasteiger partial charge is 0.390 e. The highest BCUT2D eigenvalue weighted by molar-refractivity contribution is 4.92. The molecule has 0 radical (unpaired) electrons. The second-order valence-electron chi connectivity index (χ2n) is 4.26. The summed E-state index contributed by atoms with van der Waals surface area (Å²) in [5.74, 6) is 0.984. The molecule has 3 unspecified atom stereocenters. The van der Waals surface area contributed by atoms with Crippen LogP contribution in [0.3, 0.4) is 0 Å². The van der Waals surface area contributed by atoms with Gasteiger partial charge in [0, 0.05) is 0 Å². The molecule has 3 N–H and O–H groups in total. The van der Waals surface area contributed by atoms with Gasteiger partial charge >= 0.3 is 0 Å². The highest BCUT2D eigenvalue weighted by atomic mass is 16.3. The van der Waals surface area contributed by atoms with E-state index in [1.807, 2.05) is 0 Å². The molecule has 0 aromatic carbocycles. The van der Waals surface area contributed by atoms with E-state index in [0.29, 0.717) is 6.54 Å². The summed E-state index contributed by atoms with van der Waals surface area (Å²) in [7, 11) is 0. The summed E-state index contributed by atoms with van der Waals surface area (Å²) in [5, 5.41) is 10.2. The molecule has 2 heteroatoms. The molecule has 1 saturated carbocycles. The van der Waals surface area contributed by atoms with E-state index >= 15 is 0 Å². The molecule has 0 saturated heterocycles. The monoisotopic (exact) mass is 171 g/mol. The van der Waals surface area contributed by atoms with Gasteiger partial charge in [-0.15, -0.1) is 0 Å². The Morgan fingerprint density at radius 3 is 2.75 bits per heavy atom. The molecule has 0 bridgehead atoms. The Morgan fingerprint density at radius 2 is 2.33 bits per heavy atom. The van der Waals surface area contributed by atoms with Crippen LogP contribution in [0.25, 0.3) is 0 Å². The zero-order chi connectivity index (χ0) is 9.19. The molecule has 0 aromatic rings. The molecule has 1 aliphatic carbocycles. The Hall–Kier alpha value is -0.0800. The van der Waals surface area contributed by atoms with Crippen LogP contribution in [0.2, 0.25) is 0 Å². The molecule has 1 fully saturated rings. The lowest BCUT2D eigenvalue weighted by molar-refractivity contribution is -0.00543. The molecule has 0 heterocycles. The zero-order valence-electron chi connectivity index (χ0n) is 8.21. The number of hydrogen-bond donors (Lipinski definition) is 2. The van der Waals surface area contributed by atoms with Gasteiger partial charge in [0.15, 0.2) is 0 Å². The van der Waals surface area contributed by atoms with E-state index in [9.17, 15) is 5.11 Å². The van der Waals surface area contributed by atoms with Crippen LogP contribution in [0.5, 0.6) is 0 Å². The lowest BCUT2D eigenvalue weighted by Gasteiger charge is -2.29. The molecule has 0 aliphatic heterocycles. The average molecular weight is 171 g/mol. The fourth-order valence-corrected chi connectivity index (χ4v) is 2.17. The van der Waals surface area contributed by atoms with Gasteiger partial charge in [-0.1, -0.05) is 20.3 Å². The van der Waals surface area contributed by atoms with Crippen LogP contribution in [0.4, 0.5) is 0 Å². The second kappa shape index (κ2) is 3.75. The number of rotatable bonds is 3. The van der Waals surface area contributed by atoms with Crippen LogP contribution in [0.1, 0.15) is 39.5 Å². The quantitative estimate of drug-likeness (QED) is 0.676. The van der Waals surface area contributed by atoms with Crippen molar-refractivity contribution in [2.75, 3.05) is 6.54 Å². The Morgan fingerprint density at radius 1 is 1.67 bits per heavy atom. The minimum atomic E-state index is -0.449. The second-order valence-corrected chi connectivity index (χ2v) is 4.26. The summed E-state index contributed by atoms with van der Waals surface area (Å²) in [6, 6.07) is 0. The topological polar surface area (TPSA) is 46.2 Å². The SMILES string of the molecule is CCC1CCC(O)(C(C)CN)C1. The van der Waals surface area contributed by atoms with Gasteiger partial charge in [0.25, 0.3) is 0 Å². The van der Waals surface area contributed by atoms with Crippen LogP contribution in [-0.4, -0.2) is 17.3 Å². The summed E-state index contributed by atoms with van der Waals surface area (Å²) < 4.78 is 0. The molecular formula is C10H21NO. The van der Waals surface area contributed by atoms with Gasteiger partial charge in [-0.3, -0.25) is 0 Å². The minimum Gasteiger partial charge on any atom is -0.390 e. The molecule has 0 spiro atoms. The van der Waals surface area contributed by atoms with Crippen molar-refractivity contribution < 1.29 is 5.11 Å². The van der Waals surface area contributed by atoms with E-state index < -0.39 is 5.60 Å². The first kappa shape index (κ1) is 10.0. The third kappa shape index (κ3) is 1.80. The van der Waals surface area contributed by atoms with Crippen molar-refractivity contribution in [2.24, 2.45) is 17.6 Å². The lowest BCUT2D eigenvalue weighted by atomic mass is 9.86. The third-order valence-corrected chi connectivity index (χ3v) is 3.48. The van der Waals surface area contributed by atoms with E-state index in [-0.39, 0.29) is 5.92 Å². The summed E-state index contributed by atoms with van der Waals surface area (Å²) in [4.78, 5) is 0. The summed E-state index contributed by atoms with van der Waals surface area (Å²) >= 11 is 0. The van der Waals surface area contributed by atoms with Gasteiger partial charge < -0.3 is 10.8 Å². The van der Waals surface area contributed by atoms with Gasteiger partial charge in [0.2, 0.25) is 0 Å². The maximum absolute atomic E-state index is 10.2. The molecule has 72 valence electrons. The first-order chi connectivity index (χ1) is 5.62. The fraction of sp³-hybridized carbons (Fsp3) is 1.00. The summed E-state index contributed by atoms with van der Waals surface area (Å²) in [5.41, 5.74) is 5.11. The predicted octanol–water partition coefficient (Wildman–Crippen LogP) is 1.52. The first-order valence-electron chi connectivity index (χ1n) is 5.05. The van der Waals surface area contributed by atoms with Crippen molar-refractivity contribution in [1.29, 1.82) is 0 Å². The van der Waals surface area contributed by atoms with Crippen molar-refractivity contribution in [3.63, 3.8) is 0 Å². The molecule has 12 heavy (non-hydrogen) atoms. The Kier molecular flexibility index (Phi) is 3.13. The van der Waals surface area contributed by atoms with Crippen LogP contribution in [-0.2, 0) is 0 Å². The van der Waals surface area contributed by atoms with E-state index in [1.165, 1.54) is 12.8 Å². The normalized spacial score (nSPS) is 38.5. The van der Waals surface area contributed by atoms with E-state index in [2.05, 4.69) is 13.8 Å². The molecule has 0 aromatic heterocycles. The fourth-order valence-electron chi connectivity index (χ4n) is 2.17. The van der Waals surface area contributed by atoms with Crippen molar-refractivity contribution in [2.45, 2.75) is 45.1 Å². The maximum Gasteiger partial charge on any atom is 0.0688 e. The third-order valence-electron chi connectivity index (χ3n) is 3.48. The van der Waals surface area contributed by atoms with Crippen LogP contribution < -0.4 is 5.73 Å². The highest BCUT2D eigenvalue weighted by Gasteiger charge is 2.39. The Labute approximate surface area is 75.2 Å². The predicted molar refractivity (Wildman–Crippen MR) is 50.8 cm³/mol. The molecule has 1 rings (SSSR count). The van der Waals surface area contributed by atoms with Gasteiger partial charge in [-0.2, -0.15) is 0 Å². The standard InChI is InChI=1S/C10H21NO/c1-3-9-4-5-10(12,6-9)8(2)7-11/h8-9,12H,3-7,11H2,1-2H3. The average Bonchev–Trinajstić information content (AvgIpc) is 2.47. The zero-order valence-corrected chi connectivity index (χ0v) is 8.21.